The van der Waals surface area contributed by atoms with Crippen LogP contribution in [0.2, 0.25) is 0 Å². The fraction of sp³-hybridized carbons (Fsp3) is 0.125. The van der Waals surface area contributed by atoms with E-state index < -0.39 is 0 Å². The Morgan fingerprint density at radius 3 is 3.17 bits per heavy atom. The zero-order valence-corrected chi connectivity index (χ0v) is 6.95. The zero-order valence-electron chi connectivity index (χ0n) is 6.13. The number of anilines is 1. The summed E-state index contributed by atoms with van der Waals surface area (Å²) in [7, 11) is 0. The highest BCUT2D eigenvalue weighted by atomic mass is 32.2. The van der Waals surface area contributed by atoms with Crippen molar-refractivity contribution in [3.8, 4) is 0 Å². The lowest BCUT2D eigenvalue weighted by Crippen LogP contribution is -2.16. The first-order valence-electron chi connectivity index (χ1n) is 3.50. The van der Waals surface area contributed by atoms with Gasteiger partial charge in [0.25, 0.3) is 0 Å². The normalized spacial score (nSPS) is 15.2. The number of para-hydroxylation sites is 1. The molecule has 1 aromatic carbocycles. The highest BCUT2D eigenvalue weighted by Gasteiger charge is 2.17. The summed E-state index contributed by atoms with van der Waals surface area (Å²) in [5.74, 6) is -0.299. The molecule has 1 aliphatic rings. The van der Waals surface area contributed by atoms with Crippen LogP contribution in [0.5, 0.6) is 0 Å². The summed E-state index contributed by atoms with van der Waals surface area (Å²) in [6.45, 7) is 0.207. The van der Waals surface area contributed by atoms with Crippen LogP contribution in [0.1, 0.15) is 0 Å². The molecule has 1 aliphatic heterocycles. The van der Waals surface area contributed by atoms with Crippen LogP contribution in [0, 0.1) is 5.82 Å². The Kier molecular flexibility index (Phi) is 1.77. The van der Waals surface area contributed by atoms with E-state index in [0.717, 1.165) is 11.8 Å². The minimum atomic E-state index is -0.299. The maximum atomic E-state index is 13.0. The lowest BCUT2D eigenvalue weighted by molar-refractivity contribution is -0.109. The zero-order chi connectivity index (χ0) is 8.55. The maximum absolute atomic E-state index is 13.0. The van der Waals surface area contributed by atoms with Gasteiger partial charge in [-0.1, -0.05) is 6.07 Å². The molecule has 2 rings (SSSR count). The van der Waals surface area contributed by atoms with E-state index in [1.165, 1.54) is 6.07 Å². The topological polar surface area (TPSA) is 29.1 Å². The third kappa shape index (κ3) is 1.18. The smallest absolute Gasteiger partial charge is 0.212 e. The minimum absolute atomic E-state index is 0.0214. The second-order valence-corrected chi connectivity index (χ2v) is 3.54. The van der Waals surface area contributed by atoms with Gasteiger partial charge in [-0.3, -0.25) is 4.79 Å². The highest BCUT2D eigenvalue weighted by molar-refractivity contribution is 8.14. The Morgan fingerprint density at radius 1 is 1.50 bits per heavy atom. The summed E-state index contributed by atoms with van der Waals surface area (Å²) in [5.41, 5.74) is 0.446. The molecule has 0 atom stereocenters. The fourth-order valence-electron chi connectivity index (χ4n) is 1.08. The van der Waals surface area contributed by atoms with E-state index in [-0.39, 0.29) is 17.5 Å². The van der Waals surface area contributed by atoms with Gasteiger partial charge in [-0.2, -0.15) is 0 Å². The summed E-state index contributed by atoms with van der Waals surface area (Å²) in [6, 6.07) is 4.71. The van der Waals surface area contributed by atoms with Crippen molar-refractivity contribution in [3.63, 3.8) is 0 Å². The molecule has 0 saturated heterocycles. The summed E-state index contributed by atoms with van der Waals surface area (Å²) in [6.07, 6.45) is 0. The molecule has 0 saturated carbocycles. The van der Waals surface area contributed by atoms with Crippen LogP contribution in [0.4, 0.5) is 10.1 Å². The predicted molar refractivity (Wildman–Crippen MR) is 45.8 cm³/mol. The third-order valence-electron chi connectivity index (χ3n) is 1.61. The molecule has 12 heavy (non-hydrogen) atoms. The number of fused-ring (bicyclic) bond motifs is 1. The molecule has 0 aromatic heterocycles. The molecule has 2 nitrogen and oxygen atoms in total. The second kappa shape index (κ2) is 2.79. The van der Waals surface area contributed by atoms with Crippen molar-refractivity contribution >= 4 is 22.6 Å². The Balaban J connectivity index is 2.48. The SMILES string of the molecule is O=C1CNc2c(F)cccc2S1. The van der Waals surface area contributed by atoms with Crippen LogP contribution in [-0.2, 0) is 4.79 Å². The van der Waals surface area contributed by atoms with E-state index in [1.807, 2.05) is 0 Å². The maximum Gasteiger partial charge on any atom is 0.212 e. The Labute approximate surface area is 73.2 Å². The van der Waals surface area contributed by atoms with Gasteiger partial charge in [-0.15, -0.1) is 0 Å². The van der Waals surface area contributed by atoms with Crippen molar-refractivity contribution in [1.29, 1.82) is 0 Å². The molecular formula is C8H6FNOS. The van der Waals surface area contributed by atoms with Crippen molar-refractivity contribution in [1.82, 2.24) is 0 Å². The Bertz CT molecular complexity index is 340. The van der Waals surface area contributed by atoms with Gasteiger partial charge in [0.1, 0.15) is 5.82 Å². The van der Waals surface area contributed by atoms with Gasteiger partial charge in [0.05, 0.1) is 12.2 Å². The molecule has 0 radical (unpaired) electrons. The van der Waals surface area contributed by atoms with E-state index in [1.54, 1.807) is 12.1 Å². The molecule has 62 valence electrons. The average molecular weight is 183 g/mol. The quantitative estimate of drug-likeness (QED) is 0.665. The second-order valence-electron chi connectivity index (χ2n) is 2.44. The van der Waals surface area contributed by atoms with Gasteiger partial charge in [-0.25, -0.2) is 4.39 Å². The number of carbonyl (C=O) groups is 1. The molecule has 0 unspecified atom stereocenters. The number of carbonyl (C=O) groups excluding carboxylic acids is 1. The van der Waals surface area contributed by atoms with Crippen molar-refractivity contribution in [2.45, 2.75) is 4.90 Å². The van der Waals surface area contributed by atoms with Gasteiger partial charge >= 0.3 is 0 Å². The van der Waals surface area contributed by atoms with Crippen LogP contribution >= 0.6 is 11.8 Å². The first-order valence-corrected chi connectivity index (χ1v) is 4.32. The van der Waals surface area contributed by atoms with Gasteiger partial charge in [0.15, 0.2) is 0 Å². The average Bonchev–Trinajstić information content (AvgIpc) is 2.04. The lowest BCUT2D eigenvalue weighted by atomic mass is 10.3. The van der Waals surface area contributed by atoms with Crippen molar-refractivity contribution in [2.24, 2.45) is 0 Å². The first kappa shape index (κ1) is 7.61. The van der Waals surface area contributed by atoms with Crippen LogP contribution in [0.15, 0.2) is 23.1 Å². The van der Waals surface area contributed by atoms with Crippen LogP contribution in [0.3, 0.4) is 0 Å². The van der Waals surface area contributed by atoms with Crippen molar-refractivity contribution in [2.75, 3.05) is 11.9 Å². The number of hydrogen-bond donors (Lipinski definition) is 1. The van der Waals surface area contributed by atoms with E-state index in [0.29, 0.717) is 10.6 Å². The van der Waals surface area contributed by atoms with E-state index in [2.05, 4.69) is 5.32 Å². The monoisotopic (exact) mass is 183 g/mol. The molecule has 0 spiro atoms. The number of hydrogen-bond acceptors (Lipinski definition) is 3. The van der Waals surface area contributed by atoms with Gasteiger partial charge in [0.2, 0.25) is 5.12 Å². The minimum Gasteiger partial charge on any atom is -0.374 e. The number of halogens is 1. The summed E-state index contributed by atoms with van der Waals surface area (Å²) < 4.78 is 13.0. The van der Waals surface area contributed by atoms with Crippen molar-refractivity contribution in [3.05, 3.63) is 24.0 Å². The van der Waals surface area contributed by atoms with Gasteiger partial charge < -0.3 is 5.32 Å². The molecule has 4 heteroatoms. The molecule has 0 bridgehead atoms. The van der Waals surface area contributed by atoms with E-state index >= 15 is 0 Å². The molecule has 1 heterocycles. The van der Waals surface area contributed by atoms with E-state index in [9.17, 15) is 9.18 Å². The molecule has 0 fully saturated rings. The number of thioether (sulfide) groups is 1. The number of rotatable bonds is 0. The largest absolute Gasteiger partial charge is 0.374 e. The molecule has 0 amide bonds. The third-order valence-corrected chi connectivity index (χ3v) is 2.54. The predicted octanol–water partition coefficient (Wildman–Crippen LogP) is 1.87. The number of benzene rings is 1. The van der Waals surface area contributed by atoms with Gasteiger partial charge in [0, 0.05) is 4.90 Å². The molecular weight excluding hydrogens is 177 g/mol. The van der Waals surface area contributed by atoms with Crippen LogP contribution in [0.25, 0.3) is 0 Å². The molecule has 1 N–H and O–H groups in total. The summed E-state index contributed by atoms with van der Waals surface area (Å²) >= 11 is 1.08. The number of nitrogens with one attached hydrogen (secondary N) is 1. The summed E-state index contributed by atoms with van der Waals surface area (Å²) in [5, 5.41) is 2.76. The molecule has 1 aromatic rings. The fourth-order valence-corrected chi connectivity index (χ4v) is 1.89. The highest BCUT2D eigenvalue weighted by Crippen LogP contribution is 2.33. The first-order chi connectivity index (χ1) is 5.77. The lowest BCUT2D eigenvalue weighted by Gasteiger charge is -2.15. The Hall–Kier alpha value is -1.03. The Morgan fingerprint density at radius 2 is 2.33 bits per heavy atom. The van der Waals surface area contributed by atoms with Crippen molar-refractivity contribution < 1.29 is 9.18 Å². The van der Waals surface area contributed by atoms with Crippen LogP contribution < -0.4 is 5.32 Å². The van der Waals surface area contributed by atoms with E-state index in [4.69, 9.17) is 0 Å². The standard InChI is InChI=1S/C8H6FNOS/c9-5-2-1-3-6-8(5)10-4-7(11)12-6/h1-3,10H,4H2. The van der Waals surface area contributed by atoms with Gasteiger partial charge in [-0.05, 0) is 23.9 Å². The summed E-state index contributed by atoms with van der Waals surface area (Å²) in [4.78, 5) is 11.6. The molecule has 0 aliphatic carbocycles. The van der Waals surface area contributed by atoms with Crippen LogP contribution in [-0.4, -0.2) is 11.7 Å².